The molecule has 1 amide bonds. The van der Waals surface area contributed by atoms with Crippen LogP contribution in [0.5, 0.6) is 5.75 Å². The third-order valence-corrected chi connectivity index (χ3v) is 5.49. The highest BCUT2D eigenvalue weighted by molar-refractivity contribution is 5.95. The number of amides is 1. The third kappa shape index (κ3) is 3.26. The monoisotopic (exact) mass is 351 g/mol. The number of carbonyl (C=O) groups is 1. The van der Waals surface area contributed by atoms with Crippen molar-refractivity contribution < 1.29 is 9.53 Å². The van der Waals surface area contributed by atoms with Crippen molar-refractivity contribution in [3.8, 4) is 5.75 Å². The molecule has 0 saturated carbocycles. The number of anilines is 1. The summed E-state index contributed by atoms with van der Waals surface area (Å²) >= 11 is 0. The van der Waals surface area contributed by atoms with Gasteiger partial charge in [0.25, 0.3) is 5.91 Å². The lowest BCUT2D eigenvalue weighted by molar-refractivity contribution is 0.0359. The van der Waals surface area contributed by atoms with Crippen LogP contribution < -0.4 is 9.64 Å². The Morgan fingerprint density at radius 3 is 2.46 bits per heavy atom. The van der Waals surface area contributed by atoms with Gasteiger partial charge >= 0.3 is 0 Å². The van der Waals surface area contributed by atoms with E-state index in [-0.39, 0.29) is 24.1 Å². The van der Waals surface area contributed by atoms with Gasteiger partial charge in [0.1, 0.15) is 11.9 Å². The second-order valence-corrected chi connectivity index (χ2v) is 7.44. The lowest BCUT2D eigenvalue weighted by atomic mass is 9.98. The molecule has 4 rings (SSSR count). The Morgan fingerprint density at radius 2 is 1.81 bits per heavy atom. The van der Waals surface area contributed by atoms with Gasteiger partial charge in [-0.15, -0.1) is 0 Å². The molecule has 0 aliphatic carbocycles. The van der Waals surface area contributed by atoms with Gasteiger partial charge in [0.15, 0.2) is 0 Å². The molecule has 2 bridgehead atoms. The average molecular weight is 351 g/mol. The van der Waals surface area contributed by atoms with Gasteiger partial charge in [0.05, 0.1) is 0 Å². The maximum absolute atomic E-state index is 13.2. The summed E-state index contributed by atoms with van der Waals surface area (Å²) < 4.78 is 6.14. The Hall–Kier alpha value is -2.56. The Balaban J connectivity index is 1.48. The van der Waals surface area contributed by atoms with Gasteiger partial charge in [-0.3, -0.25) is 9.78 Å². The number of fused-ring (bicyclic) bond motifs is 2. The molecule has 2 fully saturated rings. The molecule has 1 aromatic carbocycles. The standard InChI is InChI=1S/C21H25N3O2/c1-23(2)16-5-3-4-15(12-16)21(25)24-17-6-7-18(24)14-20(13-17)26-19-8-10-22-11-9-19/h3-5,8-12,17-18,20H,6-7,13-14H2,1-2H3. The summed E-state index contributed by atoms with van der Waals surface area (Å²) in [7, 11) is 3.99. The van der Waals surface area contributed by atoms with E-state index in [1.54, 1.807) is 12.4 Å². The van der Waals surface area contributed by atoms with E-state index in [1.165, 1.54) is 0 Å². The van der Waals surface area contributed by atoms with Crippen molar-refractivity contribution in [2.75, 3.05) is 19.0 Å². The van der Waals surface area contributed by atoms with Crippen LogP contribution in [0.25, 0.3) is 0 Å². The van der Waals surface area contributed by atoms with E-state index in [1.807, 2.05) is 55.4 Å². The molecule has 5 heteroatoms. The summed E-state index contributed by atoms with van der Waals surface area (Å²) in [6, 6.07) is 12.2. The minimum Gasteiger partial charge on any atom is -0.490 e. The Morgan fingerprint density at radius 1 is 1.12 bits per heavy atom. The first kappa shape index (κ1) is 16.9. The number of aromatic nitrogens is 1. The number of nitrogens with zero attached hydrogens (tertiary/aromatic N) is 3. The highest BCUT2D eigenvalue weighted by atomic mass is 16.5. The van der Waals surface area contributed by atoms with Gasteiger partial charge in [0.2, 0.25) is 0 Å². The molecule has 3 heterocycles. The van der Waals surface area contributed by atoms with E-state index in [0.717, 1.165) is 42.7 Å². The maximum atomic E-state index is 13.2. The Labute approximate surface area is 154 Å². The number of pyridine rings is 1. The summed E-state index contributed by atoms with van der Waals surface area (Å²) in [6.45, 7) is 0. The van der Waals surface area contributed by atoms with Crippen LogP contribution in [0.4, 0.5) is 5.69 Å². The van der Waals surface area contributed by atoms with Crippen LogP contribution in [-0.2, 0) is 0 Å². The van der Waals surface area contributed by atoms with E-state index in [2.05, 4.69) is 9.88 Å². The van der Waals surface area contributed by atoms with E-state index < -0.39 is 0 Å². The van der Waals surface area contributed by atoms with Crippen LogP contribution in [-0.4, -0.2) is 48.1 Å². The molecule has 5 nitrogen and oxygen atoms in total. The molecular formula is C21H25N3O2. The number of hydrogen-bond acceptors (Lipinski definition) is 4. The van der Waals surface area contributed by atoms with Crippen molar-refractivity contribution in [2.24, 2.45) is 0 Å². The van der Waals surface area contributed by atoms with Crippen molar-refractivity contribution in [2.45, 2.75) is 43.9 Å². The molecule has 136 valence electrons. The van der Waals surface area contributed by atoms with Crippen molar-refractivity contribution in [1.82, 2.24) is 9.88 Å². The molecule has 0 N–H and O–H groups in total. The molecule has 2 saturated heterocycles. The van der Waals surface area contributed by atoms with Gasteiger partial charge in [-0.25, -0.2) is 0 Å². The summed E-state index contributed by atoms with van der Waals surface area (Å²) in [4.78, 5) is 21.3. The summed E-state index contributed by atoms with van der Waals surface area (Å²) in [5.41, 5.74) is 1.83. The highest BCUT2D eigenvalue weighted by Crippen LogP contribution is 2.38. The average Bonchev–Trinajstić information content (AvgIpc) is 2.92. The van der Waals surface area contributed by atoms with Gasteiger partial charge in [0, 0.05) is 62.7 Å². The predicted molar refractivity (Wildman–Crippen MR) is 102 cm³/mol. The maximum Gasteiger partial charge on any atom is 0.254 e. The van der Waals surface area contributed by atoms with Crippen LogP contribution >= 0.6 is 0 Å². The summed E-state index contributed by atoms with van der Waals surface area (Å²) in [5, 5.41) is 0. The number of ether oxygens (including phenoxy) is 1. The first-order chi connectivity index (χ1) is 12.6. The second-order valence-electron chi connectivity index (χ2n) is 7.44. The lowest BCUT2D eigenvalue weighted by Gasteiger charge is -2.39. The second kappa shape index (κ2) is 6.98. The molecule has 2 unspecified atom stereocenters. The molecule has 0 radical (unpaired) electrons. The summed E-state index contributed by atoms with van der Waals surface area (Å²) in [6.07, 6.45) is 7.61. The van der Waals surface area contributed by atoms with Crippen molar-refractivity contribution >= 4 is 11.6 Å². The smallest absolute Gasteiger partial charge is 0.254 e. The zero-order valence-corrected chi connectivity index (χ0v) is 15.3. The first-order valence-electron chi connectivity index (χ1n) is 9.28. The van der Waals surface area contributed by atoms with E-state index in [9.17, 15) is 4.79 Å². The van der Waals surface area contributed by atoms with Crippen LogP contribution in [0.1, 0.15) is 36.0 Å². The zero-order valence-electron chi connectivity index (χ0n) is 15.3. The number of carbonyl (C=O) groups excluding carboxylic acids is 1. The quantitative estimate of drug-likeness (QED) is 0.847. The molecule has 2 atom stereocenters. The largest absolute Gasteiger partial charge is 0.490 e. The van der Waals surface area contributed by atoms with Crippen LogP contribution in [0.15, 0.2) is 48.8 Å². The molecule has 2 aliphatic rings. The van der Waals surface area contributed by atoms with Crippen LogP contribution in [0.3, 0.4) is 0 Å². The minimum atomic E-state index is 0.156. The van der Waals surface area contributed by atoms with Gasteiger partial charge in [-0.1, -0.05) is 6.07 Å². The SMILES string of the molecule is CN(C)c1cccc(C(=O)N2C3CCC2CC(Oc2ccncc2)C3)c1. The number of piperidine rings is 1. The van der Waals surface area contributed by atoms with Crippen molar-refractivity contribution in [3.63, 3.8) is 0 Å². The fraction of sp³-hybridized carbons (Fsp3) is 0.429. The van der Waals surface area contributed by atoms with Crippen LogP contribution in [0, 0.1) is 0 Å². The molecule has 2 aromatic rings. The Kier molecular flexibility index (Phi) is 4.53. The fourth-order valence-corrected chi connectivity index (χ4v) is 4.23. The van der Waals surface area contributed by atoms with Gasteiger partial charge < -0.3 is 14.5 Å². The zero-order chi connectivity index (χ0) is 18.1. The third-order valence-electron chi connectivity index (χ3n) is 5.49. The number of rotatable bonds is 4. The number of benzene rings is 1. The molecule has 1 aromatic heterocycles. The summed E-state index contributed by atoms with van der Waals surface area (Å²) in [5.74, 6) is 1.02. The molecule has 2 aliphatic heterocycles. The topological polar surface area (TPSA) is 45.7 Å². The molecule has 26 heavy (non-hydrogen) atoms. The normalized spacial score (nSPS) is 24.4. The predicted octanol–water partition coefficient (Wildman–Crippen LogP) is 3.36. The molecule has 0 spiro atoms. The van der Waals surface area contributed by atoms with Gasteiger partial charge in [-0.05, 0) is 43.2 Å². The van der Waals surface area contributed by atoms with E-state index in [4.69, 9.17) is 4.74 Å². The van der Waals surface area contributed by atoms with E-state index in [0.29, 0.717) is 0 Å². The Bertz CT molecular complexity index is 764. The number of hydrogen-bond donors (Lipinski definition) is 0. The first-order valence-corrected chi connectivity index (χ1v) is 9.28. The van der Waals surface area contributed by atoms with E-state index >= 15 is 0 Å². The van der Waals surface area contributed by atoms with Crippen molar-refractivity contribution in [1.29, 1.82) is 0 Å². The minimum absolute atomic E-state index is 0.156. The fourth-order valence-electron chi connectivity index (χ4n) is 4.23. The molecular weight excluding hydrogens is 326 g/mol. The van der Waals surface area contributed by atoms with Crippen LogP contribution in [0.2, 0.25) is 0 Å². The lowest BCUT2D eigenvalue weighted by Crippen LogP contribution is -2.49. The van der Waals surface area contributed by atoms with Crippen molar-refractivity contribution in [3.05, 3.63) is 54.4 Å². The van der Waals surface area contributed by atoms with Gasteiger partial charge in [-0.2, -0.15) is 0 Å². The highest BCUT2D eigenvalue weighted by Gasteiger charge is 2.44.